The molecule has 0 aliphatic rings. The zero-order chi connectivity index (χ0) is 44.9. The molecule has 0 heterocycles. The molecule has 1 N–H and O–H groups in total. The van der Waals surface area contributed by atoms with Crippen LogP contribution < -0.4 is 0 Å². The van der Waals surface area contributed by atoms with Crippen molar-refractivity contribution in [1.29, 1.82) is 0 Å². The molecule has 0 saturated carbocycles. The van der Waals surface area contributed by atoms with E-state index in [0.29, 0.717) is 12.8 Å². The predicted molar refractivity (Wildman–Crippen MR) is 270 cm³/mol. The molecule has 0 aromatic carbocycles. The van der Waals surface area contributed by atoms with Crippen LogP contribution in [0.3, 0.4) is 0 Å². The maximum Gasteiger partial charge on any atom is 0.306 e. The van der Waals surface area contributed by atoms with Gasteiger partial charge in [0.25, 0.3) is 0 Å². The highest BCUT2D eigenvalue weighted by molar-refractivity contribution is 5.70. The van der Waals surface area contributed by atoms with Gasteiger partial charge < -0.3 is 14.6 Å². The molecule has 0 rings (SSSR count). The molecule has 0 radical (unpaired) electrons. The lowest BCUT2D eigenvalue weighted by atomic mass is 10.0. The number of carbonyl (C=O) groups is 2. The average Bonchev–Trinajstić information content (AvgIpc) is 3.28. The van der Waals surface area contributed by atoms with E-state index in [1.54, 1.807) is 0 Å². The van der Waals surface area contributed by atoms with E-state index in [1.165, 1.54) is 218 Å². The van der Waals surface area contributed by atoms with Gasteiger partial charge in [-0.05, 0) is 70.6 Å². The van der Waals surface area contributed by atoms with Crippen molar-refractivity contribution in [1.82, 2.24) is 0 Å². The number of carbonyl (C=O) groups excluding carboxylic acids is 2. The topological polar surface area (TPSA) is 72.8 Å². The molecule has 1 unspecified atom stereocenters. The fourth-order valence-corrected chi connectivity index (χ4v) is 8.23. The van der Waals surface area contributed by atoms with Crippen LogP contribution in [0.2, 0.25) is 0 Å². The van der Waals surface area contributed by atoms with Crippen LogP contribution in [-0.4, -0.2) is 36.4 Å². The molecule has 1 atom stereocenters. The summed E-state index contributed by atoms with van der Waals surface area (Å²) in [5, 5.41) is 9.61. The minimum Gasteiger partial charge on any atom is -0.462 e. The molecule has 5 nitrogen and oxygen atoms in total. The van der Waals surface area contributed by atoms with Crippen molar-refractivity contribution < 1.29 is 24.2 Å². The summed E-state index contributed by atoms with van der Waals surface area (Å²) in [7, 11) is 0. The Morgan fingerprint density at radius 2 is 0.645 bits per heavy atom. The molecule has 62 heavy (non-hydrogen) atoms. The van der Waals surface area contributed by atoms with Crippen LogP contribution in [-0.2, 0) is 19.1 Å². The van der Waals surface area contributed by atoms with E-state index in [4.69, 9.17) is 9.47 Å². The normalized spacial score (nSPS) is 12.4. The third-order valence-corrected chi connectivity index (χ3v) is 12.4. The molecule has 364 valence electrons. The third-order valence-electron chi connectivity index (χ3n) is 12.4. The molecule has 0 fully saturated rings. The van der Waals surface area contributed by atoms with Gasteiger partial charge in [0, 0.05) is 12.8 Å². The standard InChI is InChI=1S/C57H106O5/c1-3-5-7-9-11-13-15-17-18-19-20-21-22-23-24-25-26-27-28-29-30-31-32-33-34-35-36-37-38-40-42-44-46-48-50-52-57(60)62-55(53-58)54-61-56(59)51-49-47-45-43-41-39-16-14-12-10-8-6-4-2/h14-17,19-20,55,58H,3-13,18,21-54H2,1-2H3/b16-14-,17-15-,20-19-. The van der Waals surface area contributed by atoms with Gasteiger partial charge in [0.2, 0.25) is 0 Å². The molecular weight excluding hydrogens is 765 g/mol. The van der Waals surface area contributed by atoms with Crippen LogP contribution in [0.5, 0.6) is 0 Å². The van der Waals surface area contributed by atoms with Crippen molar-refractivity contribution in [2.45, 2.75) is 302 Å². The Bertz CT molecular complexity index is 986. The first-order chi connectivity index (χ1) is 30.6. The highest BCUT2D eigenvalue weighted by Gasteiger charge is 2.16. The van der Waals surface area contributed by atoms with Crippen molar-refractivity contribution in [3.8, 4) is 0 Å². The van der Waals surface area contributed by atoms with Crippen LogP contribution in [0, 0.1) is 0 Å². The summed E-state index contributed by atoms with van der Waals surface area (Å²) in [5.41, 5.74) is 0. The van der Waals surface area contributed by atoms with Crippen LogP contribution >= 0.6 is 0 Å². The Morgan fingerprint density at radius 3 is 0.984 bits per heavy atom. The summed E-state index contributed by atoms with van der Waals surface area (Å²) >= 11 is 0. The summed E-state index contributed by atoms with van der Waals surface area (Å²) in [5.74, 6) is -0.588. The second kappa shape index (κ2) is 53.5. The minimum atomic E-state index is -0.771. The lowest BCUT2D eigenvalue weighted by Crippen LogP contribution is -2.28. The van der Waals surface area contributed by atoms with Gasteiger partial charge in [-0.25, -0.2) is 0 Å². The maximum atomic E-state index is 12.3. The van der Waals surface area contributed by atoms with Crippen LogP contribution in [0.15, 0.2) is 36.5 Å². The van der Waals surface area contributed by atoms with Gasteiger partial charge in [-0.3, -0.25) is 9.59 Å². The largest absolute Gasteiger partial charge is 0.462 e. The van der Waals surface area contributed by atoms with Crippen LogP contribution in [0.1, 0.15) is 296 Å². The van der Waals surface area contributed by atoms with Crippen molar-refractivity contribution in [2.24, 2.45) is 0 Å². The number of hydrogen-bond acceptors (Lipinski definition) is 5. The third kappa shape index (κ3) is 50.8. The van der Waals surface area contributed by atoms with Gasteiger partial charge in [-0.15, -0.1) is 0 Å². The summed E-state index contributed by atoms with van der Waals surface area (Å²) in [6.45, 7) is 4.13. The summed E-state index contributed by atoms with van der Waals surface area (Å²) < 4.78 is 10.7. The van der Waals surface area contributed by atoms with E-state index in [-0.39, 0.29) is 25.2 Å². The molecule has 0 saturated heterocycles. The van der Waals surface area contributed by atoms with E-state index in [2.05, 4.69) is 50.3 Å². The number of aliphatic hydroxyl groups is 1. The van der Waals surface area contributed by atoms with Gasteiger partial charge in [0.05, 0.1) is 6.61 Å². The SMILES string of the molecule is CCCCCC/C=C\CCCCCCCC(=O)OCC(CO)OC(=O)CCCCCCCCCCCCCCCCCCCCCCCCC/C=C\C/C=C\CCCCCCC. The van der Waals surface area contributed by atoms with Crippen LogP contribution in [0.4, 0.5) is 0 Å². The van der Waals surface area contributed by atoms with Crippen molar-refractivity contribution in [3.63, 3.8) is 0 Å². The summed E-state index contributed by atoms with van der Waals surface area (Å²) in [6, 6.07) is 0. The molecule has 0 aromatic heterocycles. The maximum absolute atomic E-state index is 12.3. The number of esters is 2. The first-order valence-corrected chi connectivity index (χ1v) is 27.5. The fraction of sp³-hybridized carbons (Fsp3) is 0.860. The Balaban J connectivity index is 3.39. The number of rotatable bonds is 51. The molecule has 5 heteroatoms. The number of allylic oxidation sites excluding steroid dienone is 6. The summed E-state index contributed by atoms with van der Waals surface area (Å²) in [4.78, 5) is 24.4. The molecular formula is C57H106O5. The summed E-state index contributed by atoms with van der Waals surface area (Å²) in [6.07, 6.45) is 68.5. The Morgan fingerprint density at radius 1 is 0.371 bits per heavy atom. The fourth-order valence-electron chi connectivity index (χ4n) is 8.23. The second-order valence-corrected chi connectivity index (χ2v) is 18.7. The zero-order valence-electron chi connectivity index (χ0n) is 41.6. The predicted octanol–water partition coefficient (Wildman–Crippen LogP) is 18.3. The minimum absolute atomic E-state index is 0.0659. The van der Waals surface area contributed by atoms with Gasteiger partial charge in [0.1, 0.15) is 6.61 Å². The number of unbranched alkanes of at least 4 members (excludes halogenated alkanes) is 37. The van der Waals surface area contributed by atoms with E-state index in [0.717, 1.165) is 51.4 Å². The number of ether oxygens (including phenoxy) is 2. The Hall–Kier alpha value is -1.88. The van der Waals surface area contributed by atoms with Crippen molar-refractivity contribution in [2.75, 3.05) is 13.2 Å². The molecule has 0 aliphatic carbocycles. The molecule has 0 spiro atoms. The first kappa shape index (κ1) is 60.1. The van der Waals surface area contributed by atoms with E-state index < -0.39 is 6.10 Å². The average molecular weight is 871 g/mol. The zero-order valence-corrected chi connectivity index (χ0v) is 41.6. The molecule has 0 bridgehead atoms. The Kier molecular flexibility index (Phi) is 51.8. The Labute approximate surface area is 386 Å². The lowest BCUT2D eigenvalue weighted by molar-refractivity contribution is -0.161. The van der Waals surface area contributed by atoms with E-state index in [9.17, 15) is 14.7 Å². The van der Waals surface area contributed by atoms with E-state index in [1.807, 2.05) is 0 Å². The number of hydrogen-bond donors (Lipinski definition) is 1. The highest BCUT2D eigenvalue weighted by atomic mass is 16.6. The van der Waals surface area contributed by atoms with Gasteiger partial charge >= 0.3 is 11.9 Å². The quantitative estimate of drug-likeness (QED) is 0.0374. The monoisotopic (exact) mass is 871 g/mol. The second-order valence-electron chi connectivity index (χ2n) is 18.7. The smallest absolute Gasteiger partial charge is 0.306 e. The van der Waals surface area contributed by atoms with Crippen molar-refractivity contribution in [3.05, 3.63) is 36.5 Å². The van der Waals surface area contributed by atoms with E-state index >= 15 is 0 Å². The first-order valence-electron chi connectivity index (χ1n) is 27.5. The van der Waals surface area contributed by atoms with Gasteiger partial charge in [-0.1, -0.05) is 249 Å². The highest BCUT2D eigenvalue weighted by Crippen LogP contribution is 2.17. The number of aliphatic hydroxyl groups excluding tert-OH is 1. The molecule has 0 amide bonds. The lowest BCUT2D eigenvalue weighted by Gasteiger charge is -2.15. The van der Waals surface area contributed by atoms with Crippen LogP contribution in [0.25, 0.3) is 0 Å². The molecule has 0 aromatic rings. The molecule has 0 aliphatic heterocycles. The van der Waals surface area contributed by atoms with Gasteiger partial charge in [-0.2, -0.15) is 0 Å². The van der Waals surface area contributed by atoms with Gasteiger partial charge in [0.15, 0.2) is 6.10 Å². The van der Waals surface area contributed by atoms with Crippen molar-refractivity contribution >= 4 is 11.9 Å².